The van der Waals surface area contributed by atoms with Gasteiger partial charge in [0.1, 0.15) is 5.03 Å². The molecule has 1 fully saturated rings. The van der Waals surface area contributed by atoms with Gasteiger partial charge in [-0.05, 0) is 24.3 Å². The monoisotopic (exact) mass is 444 g/mol. The van der Waals surface area contributed by atoms with Crippen LogP contribution >= 0.6 is 11.8 Å². The highest BCUT2D eigenvalue weighted by Gasteiger charge is 2.37. The van der Waals surface area contributed by atoms with Crippen LogP contribution in [0.3, 0.4) is 0 Å². The third kappa shape index (κ3) is 5.22. The number of non-ortho nitro benzene ring substituents is 1. The number of rotatable bonds is 7. The van der Waals surface area contributed by atoms with Gasteiger partial charge in [-0.15, -0.1) is 0 Å². The summed E-state index contributed by atoms with van der Waals surface area (Å²) < 4.78 is 5.02. The van der Waals surface area contributed by atoms with Gasteiger partial charge in [-0.1, -0.05) is 11.8 Å². The van der Waals surface area contributed by atoms with E-state index in [1.807, 2.05) is 0 Å². The van der Waals surface area contributed by atoms with Gasteiger partial charge in [0.05, 0.1) is 15.7 Å². The number of nitro benzene ring substituents is 1. The Labute approximate surface area is 179 Å². The minimum absolute atomic E-state index is 0.00268. The summed E-state index contributed by atoms with van der Waals surface area (Å²) in [6.45, 7) is -0.599. The van der Waals surface area contributed by atoms with Gasteiger partial charge in [0.2, 0.25) is 11.8 Å². The van der Waals surface area contributed by atoms with E-state index >= 15 is 0 Å². The Kier molecular flexibility index (Phi) is 6.60. The second-order valence-corrected chi connectivity index (χ2v) is 7.58. The van der Waals surface area contributed by atoms with Gasteiger partial charge < -0.3 is 10.1 Å². The zero-order chi connectivity index (χ0) is 22.5. The second-order valence-electron chi connectivity index (χ2n) is 6.39. The average Bonchev–Trinajstić information content (AvgIpc) is 2.99. The number of amides is 3. The number of esters is 1. The summed E-state index contributed by atoms with van der Waals surface area (Å²) in [6, 6.07) is 8.11. The molecule has 1 saturated heterocycles. The number of benzene rings is 1. The summed E-state index contributed by atoms with van der Waals surface area (Å²) in [6.07, 6.45) is 1.44. The highest BCUT2D eigenvalue weighted by atomic mass is 32.2. The molecular weight excluding hydrogens is 428 g/mol. The van der Waals surface area contributed by atoms with E-state index in [0.717, 1.165) is 16.7 Å². The molecular formula is C19H16N4O7S. The van der Waals surface area contributed by atoms with Crippen molar-refractivity contribution in [3.8, 4) is 0 Å². The molecule has 160 valence electrons. The van der Waals surface area contributed by atoms with Crippen molar-refractivity contribution in [1.29, 1.82) is 0 Å². The highest BCUT2D eigenvalue weighted by Crippen LogP contribution is 2.31. The number of thioether (sulfide) groups is 1. The van der Waals surface area contributed by atoms with Crippen molar-refractivity contribution in [1.82, 2.24) is 9.88 Å². The van der Waals surface area contributed by atoms with Gasteiger partial charge in [0, 0.05) is 37.5 Å². The summed E-state index contributed by atoms with van der Waals surface area (Å²) in [7, 11) is 1.39. The number of carbonyl (C=O) groups is 4. The molecule has 0 radical (unpaired) electrons. The first-order valence-corrected chi connectivity index (χ1v) is 9.77. The maximum absolute atomic E-state index is 12.4. The Hall–Kier alpha value is -3.80. The lowest BCUT2D eigenvalue weighted by Crippen LogP contribution is -2.26. The predicted molar refractivity (Wildman–Crippen MR) is 108 cm³/mol. The standard InChI is InChI=1S/C19H16N4O7S/c1-22-16(25)9-14(18(22)26)31-17-13(3-2-8-20-17)19(27)30-10-15(24)21-11-4-6-12(7-5-11)23(28)29/h2-8,14H,9-10H2,1H3,(H,21,24). The molecule has 3 amide bonds. The van der Waals surface area contributed by atoms with Crippen molar-refractivity contribution in [3.63, 3.8) is 0 Å². The highest BCUT2D eigenvalue weighted by molar-refractivity contribution is 8.00. The maximum Gasteiger partial charge on any atom is 0.341 e. The Bertz CT molecular complexity index is 1060. The number of imide groups is 1. The van der Waals surface area contributed by atoms with Gasteiger partial charge in [-0.25, -0.2) is 9.78 Å². The van der Waals surface area contributed by atoms with Crippen molar-refractivity contribution >= 4 is 46.8 Å². The summed E-state index contributed by atoms with van der Waals surface area (Å²) in [5, 5.41) is 12.6. The summed E-state index contributed by atoms with van der Waals surface area (Å²) >= 11 is 0.983. The molecule has 1 unspecified atom stereocenters. The number of pyridine rings is 1. The van der Waals surface area contributed by atoms with Gasteiger partial charge in [0.25, 0.3) is 11.6 Å². The van der Waals surface area contributed by atoms with E-state index in [9.17, 15) is 29.3 Å². The normalized spacial score (nSPS) is 15.6. The van der Waals surface area contributed by atoms with E-state index in [1.165, 1.54) is 49.6 Å². The van der Waals surface area contributed by atoms with E-state index in [-0.39, 0.29) is 34.5 Å². The van der Waals surface area contributed by atoms with Gasteiger partial charge in [-0.3, -0.25) is 29.4 Å². The minimum atomic E-state index is -0.820. The van der Waals surface area contributed by atoms with Crippen LogP contribution in [0.25, 0.3) is 0 Å². The number of likely N-dealkylation sites (tertiary alicyclic amines) is 1. The quantitative estimate of drug-likeness (QED) is 0.291. The fourth-order valence-corrected chi connectivity index (χ4v) is 3.82. The van der Waals surface area contributed by atoms with Crippen LogP contribution in [0.1, 0.15) is 16.8 Å². The average molecular weight is 444 g/mol. The molecule has 0 aliphatic carbocycles. The third-order valence-electron chi connectivity index (χ3n) is 4.28. The first kappa shape index (κ1) is 21.9. The van der Waals surface area contributed by atoms with Gasteiger partial charge in [0.15, 0.2) is 6.61 Å². The molecule has 1 N–H and O–H groups in total. The van der Waals surface area contributed by atoms with Crippen LogP contribution < -0.4 is 5.32 Å². The third-order valence-corrected chi connectivity index (χ3v) is 5.48. The molecule has 2 heterocycles. The molecule has 12 heteroatoms. The lowest BCUT2D eigenvalue weighted by Gasteiger charge is -2.11. The minimum Gasteiger partial charge on any atom is -0.452 e. The maximum atomic E-state index is 12.4. The summed E-state index contributed by atoms with van der Waals surface area (Å²) in [5.41, 5.74) is 0.239. The van der Waals surface area contributed by atoms with Crippen LogP contribution in [-0.4, -0.2) is 57.4 Å². The number of hydrogen-bond donors (Lipinski definition) is 1. The van der Waals surface area contributed by atoms with Crippen molar-refractivity contribution in [2.75, 3.05) is 19.0 Å². The largest absolute Gasteiger partial charge is 0.452 e. The molecule has 1 aromatic carbocycles. The number of nitrogens with one attached hydrogen (secondary N) is 1. The zero-order valence-corrected chi connectivity index (χ0v) is 17.0. The van der Waals surface area contributed by atoms with Crippen LogP contribution in [0.2, 0.25) is 0 Å². The van der Waals surface area contributed by atoms with Gasteiger partial charge in [-0.2, -0.15) is 0 Å². The van der Waals surface area contributed by atoms with Crippen LogP contribution in [0, 0.1) is 10.1 Å². The number of carbonyl (C=O) groups excluding carboxylic acids is 4. The topological polar surface area (TPSA) is 149 Å². The Morgan fingerprint density at radius 3 is 2.61 bits per heavy atom. The molecule has 1 aliphatic rings. The lowest BCUT2D eigenvalue weighted by atomic mass is 10.3. The van der Waals surface area contributed by atoms with Crippen LogP contribution in [0.4, 0.5) is 11.4 Å². The Morgan fingerprint density at radius 1 is 1.29 bits per heavy atom. The molecule has 0 saturated carbocycles. The van der Waals surface area contributed by atoms with Gasteiger partial charge >= 0.3 is 5.97 Å². The number of nitro groups is 1. The van der Waals surface area contributed by atoms with Crippen LogP contribution in [0.5, 0.6) is 0 Å². The molecule has 11 nitrogen and oxygen atoms in total. The molecule has 1 aliphatic heterocycles. The van der Waals surface area contributed by atoms with E-state index in [4.69, 9.17) is 4.74 Å². The van der Waals surface area contributed by atoms with Crippen LogP contribution in [0.15, 0.2) is 47.6 Å². The molecule has 3 rings (SSSR count). The summed E-state index contributed by atoms with van der Waals surface area (Å²) in [5.74, 6) is -2.15. The number of nitrogens with zero attached hydrogens (tertiary/aromatic N) is 3. The lowest BCUT2D eigenvalue weighted by molar-refractivity contribution is -0.384. The molecule has 2 aromatic rings. The van der Waals surface area contributed by atoms with Crippen molar-refractivity contribution in [2.24, 2.45) is 0 Å². The second kappa shape index (κ2) is 9.34. The molecule has 31 heavy (non-hydrogen) atoms. The van der Waals surface area contributed by atoms with Crippen molar-refractivity contribution < 1.29 is 28.8 Å². The molecule has 1 aromatic heterocycles. The van der Waals surface area contributed by atoms with E-state index < -0.39 is 28.7 Å². The SMILES string of the molecule is CN1C(=O)CC(Sc2ncccc2C(=O)OCC(=O)Nc2ccc([N+](=O)[O-])cc2)C1=O. The Morgan fingerprint density at radius 2 is 2.00 bits per heavy atom. The van der Waals surface area contributed by atoms with E-state index in [2.05, 4.69) is 10.3 Å². The summed E-state index contributed by atoms with van der Waals surface area (Å²) in [4.78, 5) is 63.4. The Balaban J connectivity index is 1.59. The number of ether oxygens (including phenoxy) is 1. The molecule has 1 atom stereocenters. The zero-order valence-electron chi connectivity index (χ0n) is 16.1. The van der Waals surface area contributed by atoms with E-state index in [0.29, 0.717) is 5.69 Å². The molecule has 0 bridgehead atoms. The number of aromatic nitrogens is 1. The van der Waals surface area contributed by atoms with Crippen molar-refractivity contribution in [2.45, 2.75) is 16.7 Å². The number of anilines is 1. The first-order valence-electron chi connectivity index (χ1n) is 8.89. The van der Waals surface area contributed by atoms with E-state index in [1.54, 1.807) is 0 Å². The fraction of sp³-hybridized carbons (Fsp3) is 0.211. The van der Waals surface area contributed by atoms with Crippen molar-refractivity contribution in [3.05, 3.63) is 58.3 Å². The smallest absolute Gasteiger partial charge is 0.341 e. The first-order chi connectivity index (χ1) is 14.8. The molecule has 0 spiro atoms. The number of hydrogen-bond acceptors (Lipinski definition) is 9. The fourth-order valence-electron chi connectivity index (χ4n) is 2.66. The van der Waals surface area contributed by atoms with Crippen LogP contribution in [-0.2, 0) is 19.1 Å². The predicted octanol–water partition coefficient (Wildman–Crippen LogP) is 1.63.